The van der Waals surface area contributed by atoms with Gasteiger partial charge in [0, 0.05) is 0 Å². The van der Waals surface area contributed by atoms with E-state index in [2.05, 4.69) is 41.5 Å². The highest BCUT2D eigenvalue weighted by atomic mass is 32.1. The number of thiol groups is 1. The second kappa shape index (κ2) is 22.6. The van der Waals surface area contributed by atoms with Crippen LogP contribution in [-0.2, 0) is 4.79 Å². The van der Waals surface area contributed by atoms with Gasteiger partial charge in [0.25, 0.3) is 0 Å². The van der Waals surface area contributed by atoms with Gasteiger partial charge < -0.3 is 5.11 Å². The van der Waals surface area contributed by atoms with Crippen molar-refractivity contribution >= 4 is 18.6 Å². The molecule has 0 aliphatic heterocycles. The average Bonchev–Trinajstić information content (AvgIpc) is 2.84. The zero-order valence-corrected chi connectivity index (χ0v) is 27.1. The highest BCUT2D eigenvalue weighted by Gasteiger charge is 2.52. The Kier molecular flexibility index (Phi) is 22.5. The zero-order valence-electron chi connectivity index (χ0n) is 26.2. The van der Waals surface area contributed by atoms with Crippen LogP contribution in [0.1, 0.15) is 189 Å². The minimum Gasteiger partial charge on any atom is -0.480 e. The summed E-state index contributed by atoms with van der Waals surface area (Å²) in [6.45, 7) is 13.7. The van der Waals surface area contributed by atoms with Crippen molar-refractivity contribution in [1.29, 1.82) is 0 Å². The summed E-state index contributed by atoms with van der Waals surface area (Å²) in [6.07, 6.45) is 27.2. The Bertz CT molecular complexity index is 514. The molecule has 0 saturated carbocycles. The zero-order chi connectivity index (χ0) is 28.0. The number of rotatable bonds is 27. The number of unbranched alkanes of at least 4 members (excludes halogenated alkanes) is 13. The Morgan fingerprint density at radius 3 is 1.30 bits per heavy atom. The molecule has 0 spiro atoms. The second-order valence-electron chi connectivity index (χ2n) is 13.1. The van der Waals surface area contributed by atoms with Gasteiger partial charge in [-0.15, -0.1) is 0 Å². The number of hydrogen-bond acceptors (Lipinski definition) is 2. The molecule has 0 radical (unpaired) electrons. The largest absolute Gasteiger partial charge is 0.480 e. The molecule has 0 aliphatic carbocycles. The fourth-order valence-electron chi connectivity index (χ4n) is 6.21. The van der Waals surface area contributed by atoms with Gasteiger partial charge in [0.05, 0.1) is 0 Å². The Balaban J connectivity index is 5.67. The molecule has 0 aromatic rings. The fourth-order valence-corrected chi connectivity index (χ4v) is 6.70. The lowest BCUT2D eigenvalue weighted by Crippen LogP contribution is -2.50. The molecule has 1 unspecified atom stereocenters. The van der Waals surface area contributed by atoms with E-state index < -0.39 is 10.7 Å². The maximum absolute atomic E-state index is 13.1. The van der Waals surface area contributed by atoms with Crippen molar-refractivity contribution in [3.8, 4) is 0 Å². The van der Waals surface area contributed by atoms with Crippen molar-refractivity contribution in [2.75, 3.05) is 0 Å². The third-order valence-electron chi connectivity index (χ3n) is 8.76. The predicted octanol–water partition coefficient (Wildman–Crippen LogP) is 12.1. The van der Waals surface area contributed by atoms with E-state index >= 15 is 0 Å². The van der Waals surface area contributed by atoms with Crippen LogP contribution < -0.4 is 0 Å². The van der Waals surface area contributed by atoms with Crippen LogP contribution in [0.2, 0.25) is 0 Å². The van der Waals surface area contributed by atoms with Crippen LogP contribution in [-0.4, -0.2) is 15.8 Å². The minimum atomic E-state index is -0.907. The smallest absolute Gasteiger partial charge is 0.320 e. The summed E-state index contributed by atoms with van der Waals surface area (Å²) in [5.74, 6) is 0.786. The maximum atomic E-state index is 13.1. The Morgan fingerprint density at radius 2 is 0.892 bits per heavy atom. The van der Waals surface area contributed by atoms with E-state index in [-0.39, 0.29) is 5.41 Å². The fraction of sp³-hybridized carbons (Fsp3) is 0.971. The van der Waals surface area contributed by atoms with Crippen molar-refractivity contribution in [2.24, 2.45) is 17.3 Å². The molecule has 1 N–H and O–H groups in total. The quantitative estimate of drug-likeness (QED) is 0.0802. The van der Waals surface area contributed by atoms with E-state index in [0.717, 1.165) is 63.7 Å². The Morgan fingerprint density at radius 1 is 0.568 bits per heavy atom. The van der Waals surface area contributed by atoms with Crippen LogP contribution in [0, 0.1) is 17.3 Å². The van der Waals surface area contributed by atoms with Crippen molar-refractivity contribution in [3.63, 3.8) is 0 Å². The number of carboxylic acid groups (broad SMARTS) is 1. The lowest BCUT2D eigenvalue weighted by molar-refractivity contribution is -0.145. The second-order valence-corrected chi connectivity index (χ2v) is 13.9. The van der Waals surface area contributed by atoms with Gasteiger partial charge in [-0.2, -0.15) is 12.6 Å². The summed E-state index contributed by atoms with van der Waals surface area (Å²) in [7, 11) is 0. The topological polar surface area (TPSA) is 37.3 Å². The van der Waals surface area contributed by atoms with Crippen LogP contribution in [0.3, 0.4) is 0 Å². The average molecular weight is 541 g/mol. The van der Waals surface area contributed by atoms with E-state index in [0.29, 0.717) is 5.92 Å². The molecule has 222 valence electrons. The van der Waals surface area contributed by atoms with E-state index in [1.54, 1.807) is 0 Å². The van der Waals surface area contributed by atoms with Gasteiger partial charge in [-0.25, -0.2) is 0 Å². The standard InChI is InChI=1S/C34H68O2S/c1-7-9-11-13-15-20-26-33(28-23-19-25-31(5)6,27-21-16-14-12-10-8-2)34(37,32(35)36)29-22-17-18-24-30(3)4/h30-31,37H,7-29H2,1-6H3,(H,35,36). The summed E-state index contributed by atoms with van der Waals surface area (Å²) >= 11 is 5.20. The normalized spacial score (nSPS) is 14.0. The number of hydrogen-bond donors (Lipinski definition) is 2. The molecule has 37 heavy (non-hydrogen) atoms. The van der Waals surface area contributed by atoms with Gasteiger partial charge in [0.15, 0.2) is 0 Å². The first-order valence-electron chi connectivity index (χ1n) is 16.6. The molecule has 2 nitrogen and oxygen atoms in total. The number of aliphatic carboxylic acids is 1. The number of carbonyl (C=O) groups is 1. The van der Waals surface area contributed by atoms with E-state index in [4.69, 9.17) is 12.6 Å². The Hall–Kier alpha value is -0.180. The summed E-state index contributed by atoms with van der Waals surface area (Å²) in [6, 6.07) is 0. The molecule has 0 aliphatic rings. The van der Waals surface area contributed by atoms with Crippen LogP contribution in [0.15, 0.2) is 0 Å². The van der Waals surface area contributed by atoms with Crippen molar-refractivity contribution < 1.29 is 9.90 Å². The third-order valence-corrected chi connectivity index (χ3v) is 9.64. The molecular weight excluding hydrogens is 472 g/mol. The van der Waals surface area contributed by atoms with Crippen LogP contribution in [0.5, 0.6) is 0 Å². The summed E-state index contributed by atoms with van der Waals surface area (Å²) in [4.78, 5) is 13.1. The Labute approximate surface area is 239 Å². The van der Waals surface area contributed by atoms with Gasteiger partial charge in [0.1, 0.15) is 4.75 Å². The number of carboxylic acids is 1. The molecular formula is C34H68O2S. The molecule has 1 atom stereocenters. The maximum Gasteiger partial charge on any atom is 0.320 e. The predicted molar refractivity (Wildman–Crippen MR) is 169 cm³/mol. The first-order chi connectivity index (χ1) is 17.6. The van der Waals surface area contributed by atoms with Crippen LogP contribution >= 0.6 is 12.6 Å². The molecule has 0 fully saturated rings. The van der Waals surface area contributed by atoms with Gasteiger partial charge in [-0.3, -0.25) is 4.79 Å². The third kappa shape index (κ3) is 16.5. The van der Waals surface area contributed by atoms with Gasteiger partial charge in [0.2, 0.25) is 0 Å². The highest BCUT2D eigenvalue weighted by Crippen LogP contribution is 2.52. The summed E-state index contributed by atoms with van der Waals surface area (Å²) in [5, 5.41) is 10.7. The van der Waals surface area contributed by atoms with E-state index in [1.165, 1.54) is 89.9 Å². The summed E-state index contributed by atoms with van der Waals surface area (Å²) in [5.41, 5.74) is -0.188. The monoisotopic (exact) mass is 540 g/mol. The van der Waals surface area contributed by atoms with E-state index in [1.807, 2.05) is 0 Å². The molecule has 0 bridgehead atoms. The minimum absolute atomic E-state index is 0.188. The van der Waals surface area contributed by atoms with Crippen LogP contribution in [0.4, 0.5) is 0 Å². The van der Waals surface area contributed by atoms with Crippen LogP contribution in [0.25, 0.3) is 0 Å². The van der Waals surface area contributed by atoms with Gasteiger partial charge in [-0.1, -0.05) is 164 Å². The lowest BCUT2D eigenvalue weighted by atomic mass is 9.63. The van der Waals surface area contributed by atoms with Gasteiger partial charge >= 0.3 is 5.97 Å². The SMILES string of the molecule is CCCCCCCCC(CCCCCCCC)(CCCCC(C)C)C(S)(CCCCCC(C)C)C(=O)O. The molecule has 0 aromatic heterocycles. The van der Waals surface area contributed by atoms with Crippen molar-refractivity contribution in [2.45, 2.75) is 194 Å². The van der Waals surface area contributed by atoms with E-state index in [9.17, 15) is 9.90 Å². The highest BCUT2D eigenvalue weighted by molar-refractivity contribution is 7.82. The molecule has 0 heterocycles. The van der Waals surface area contributed by atoms with Crippen molar-refractivity contribution in [1.82, 2.24) is 0 Å². The van der Waals surface area contributed by atoms with Gasteiger partial charge in [-0.05, 0) is 42.9 Å². The molecule has 0 saturated heterocycles. The first kappa shape index (κ1) is 36.8. The summed E-state index contributed by atoms with van der Waals surface area (Å²) < 4.78 is -0.907. The molecule has 0 aromatic carbocycles. The molecule has 0 amide bonds. The molecule has 3 heteroatoms. The van der Waals surface area contributed by atoms with Crippen molar-refractivity contribution in [3.05, 3.63) is 0 Å². The molecule has 0 rings (SSSR count). The first-order valence-corrected chi connectivity index (χ1v) is 17.1. The lowest BCUT2D eigenvalue weighted by Gasteiger charge is -2.47.